The third-order valence-electron chi connectivity index (χ3n) is 4.88. The van der Waals surface area contributed by atoms with Crippen molar-refractivity contribution in [2.75, 3.05) is 0 Å². The molecule has 2 aromatic rings. The standard InChI is InChI=1S/C23H28O3/c1-3-5-7-20-13-12-19-16-21(14-15-22(19)25-20)26-23(24)18-10-8-17(6-4-2)9-11-18/h8-11,14-16,20H,3-7,12-13H2,1-2H3. The monoisotopic (exact) mass is 352 g/mol. The second-order valence-corrected chi connectivity index (χ2v) is 7.03. The van der Waals surface area contributed by atoms with Gasteiger partial charge in [0.15, 0.2) is 0 Å². The molecule has 0 aliphatic carbocycles. The largest absolute Gasteiger partial charge is 0.490 e. The van der Waals surface area contributed by atoms with Gasteiger partial charge in [0.05, 0.1) is 11.7 Å². The molecule has 0 spiro atoms. The van der Waals surface area contributed by atoms with Gasteiger partial charge in [-0.25, -0.2) is 4.79 Å². The van der Waals surface area contributed by atoms with Crippen LogP contribution in [0, 0.1) is 0 Å². The van der Waals surface area contributed by atoms with Gasteiger partial charge >= 0.3 is 5.97 Å². The molecule has 1 aliphatic heterocycles. The molecule has 0 amide bonds. The van der Waals surface area contributed by atoms with E-state index in [0.29, 0.717) is 17.4 Å². The van der Waals surface area contributed by atoms with Crippen LogP contribution in [-0.2, 0) is 12.8 Å². The predicted octanol–water partition coefficient (Wildman–Crippen LogP) is 5.74. The summed E-state index contributed by atoms with van der Waals surface area (Å²) in [6, 6.07) is 13.4. The molecule has 0 N–H and O–H groups in total. The van der Waals surface area contributed by atoms with E-state index in [1.165, 1.54) is 18.4 Å². The van der Waals surface area contributed by atoms with Gasteiger partial charge in [0.2, 0.25) is 0 Å². The number of unbranched alkanes of at least 4 members (excludes halogenated alkanes) is 1. The second-order valence-electron chi connectivity index (χ2n) is 7.03. The summed E-state index contributed by atoms with van der Waals surface area (Å²) >= 11 is 0. The maximum atomic E-state index is 12.4. The zero-order valence-corrected chi connectivity index (χ0v) is 15.8. The second kappa shape index (κ2) is 8.88. The molecular formula is C23H28O3. The zero-order valence-electron chi connectivity index (χ0n) is 15.8. The molecule has 1 atom stereocenters. The van der Waals surface area contributed by atoms with Gasteiger partial charge in [-0.15, -0.1) is 0 Å². The van der Waals surface area contributed by atoms with E-state index in [0.717, 1.165) is 43.4 Å². The van der Waals surface area contributed by atoms with Crippen molar-refractivity contribution < 1.29 is 14.3 Å². The van der Waals surface area contributed by atoms with E-state index < -0.39 is 0 Å². The van der Waals surface area contributed by atoms with Crippen molar-refractivity contribution in [2.24, 2.45) is 0 Å². The lowest BCUT2D eigenvalue weighted by atomic mass is 9.99. The van der Waals surface area contributed by atoms with E-state index in [9.17, 15) is 4.79 Å². The summed E-state index contributed by atoms with van der Waals surface area (Å²) in [7, 11) is 0. The predicted molar refractivity (Wildman–Crippen MR) is 104 cm³/mol. The first-order valence-corrected chi connectivity index (χ1v) is 9.80. The molecule has 138 valence electrons. The minimum atomic E-state index is -0.314. The Hall–Kier alpha value is -2.29. The number of benzene rings is 2. The summed E-state index contributed by atoms with van der Waals surface area (Å²) in [5, 5.41) is 0. The lowest BCUT2D eigenvalue weighted by molar-refractivity contribution is 0.0734. The Morgan fingerprint density at radius 3 is 2.65 bits per heavy atom. The van der Waals surface area contributed by atoms with Crippen molar-refractivity contribution in [1.29, 1.82) is 0 Å². The van der Waals surface area contributed by atoms with Gasteiger partial charge in [0.25, 0.3) is 0 Å². The molecule has 26 heavy (non-hydrogen) atoms. The molecule has 2 aromatic carbocycles. The van der Waals surface area contributed by atoms with E-state index in [4.69, 9.17) is 9.47 Å². The molecule has 0 aromatic heterocycles. The van der Waals surface area contributed by atoms with Crippen molar-refractivity contribution in [3.05, 3.63) is 59.2 Å². The molecule has 0 saturated carbocycles. The van der Waals surface area contributed by atoms with Crippen molar-refractivity contribution in [3.8, 4) is 11.5 Å². The lowest BCUT2D eigenvalue weighted by Gasteiger charge is -2.26. The summed E-state index contributed by atoms with van der Waals surface area (Å²) in [6.45, 7) is 4.35. The van der Waals surface area contributed by atoms with Gasteiger partial charge in [-0.05, 0) is 67.1 Å². The molecule has 0 fully saturated rings. The third-order valence-corrected chi connectivity index (χ3v) is 4.88. The molecule has 3 rings (SSSR count). The fourth-order valence-corrected chi connectivity index (χ4v) is 3.38. The number of esters is 1. The van der Waals surface area contributed by atoms with Crippen molar-refractivity contribution in [3.63, 3.8) is 0 Å². The van der Waals surface area contributed by atoms with Crippen LogP contribution >= 0.6 is 0 Å². The van der Waals surface area contributed by atoms with Crippen LogP contribution in [0.4, 0.5) is 0 Å². The first-order chi connectivity index (χ1) is 12.7. The number of hydrogen-bond acceptors (Lipinski definition) is 3. The van der Waals surface area contributed by atoms with Crippen LogP contribution in [0.2, 0.25) is 0 Å². The van der Waals surface area contributed by atoms with Crippen molar-refractivity contribution in [1.82, 2.24) is 0 Å². The Balaban J connectivity index is 1.63. The maximum Gasteiger partial charge on any atom is 0.343 e. The van der Waals surface area contributed by atoms with Crippen molar-refractivity contribution in [2.45, 2.75) is 64.9 Å². The Kier molecular flexibility index (Phi) is 6.32. The van der Waals surface area contributed by atoms with Gasteiger partial charge in [0.1, 0.15) is 11.5 Å². The fraction of sp³-hybridized carbons (Fsp3) is 0.435. The number of carbonyl (C=O) groups excluding carboxylic acids is 1. The van der Waals surface area contributed by atoms with Gasteiger partial charge in [-0.3, -0.25) is 0 Å². The minimum Gasteiger partial charge on any atom is -0.490 e. The molecule has 3 heteroatoms. The van der Waals surface area contributed by atoms with Crippen LogP contribution in [-0.4, -0.2) is 12.1 Å². The average Bonchev–Trinajstić information content (AvgIpc) is 2.67. The van der Waals surface area contributed by atoms with Gasteiger partial charge in [-0.1, -0.05) is 45.2 Å². The molecule has 1 unspecified atom stereocenters. The van der Waals surface area contributed by atoms with Crippen LogP contribution in [0.3, 0.4) is 0 Å². The van der Waals surface area contributed by atoms with E-state index >= 15 is 0 Å². The van der Waals surface area contributed by atoms with Crippen molar-refractivity contribution >= 4 is 5.97 Å². The van der Waals surface area contributed by atoms with Crippen LogP contribution in [0.5, 0.6) is 11.5 Å². The van der Waals surface area contributed by atoms with Crippen LogP contribution in [0.1, 0.15) is 67.4 Å². The molecule has 3 nitrogen and oxygen atoms in total. The number of rotatable bonds is 7. The average molecular weight is 352 g/mol. The number of carbonyl (C=O) groups is 1. The topological polar surface area (TPSA) is 35.5 Å². The quantitative estimate of drug-likeness (QED) is 0.471. The highest BCUT2D eigenvalue weighted by atomic mass is 16.5. The highest BCUT2D eigenvalue weighted by Gasteiger charge is 2.20. The third kappa shape index (κ3) is 4.66. The number of aryl methyl sites for hydroxylation is 2. The normalized spacial score (nSPS) is 15.8. The highest BCUT2D eigenvalue weighted by Crippen LogP contribution is 2.32. The summed E-state index contributed by atoms with van der Waals surface area (Å²) in [6.07, 6.45) is 7.95. The summed E-state index contributed by atoms with van der Waals surface area (Å²) in [4.78, 5) is 12.4. The molecule has 0 saturated heterocycles. The Morgan fingerprint density at radius 1 is 1.12 bits per heavy atom. The highest BCUT2D eigenvalue weighted by molar-refractivity contribution is 5.91. The molecule has 0 radical (unpaired) electrons. The van der Waals surface area contributed by atoms with Gasteiger partial charge < -0.3 is 9.47 Å². The minimum absolute atomic E-state index is 0.314. The molecule has 1 aliphatic rings. The summed E-state index contributed by atoms with van der Waals surface area (Å²) < 4.78 is 11.6. The van der Waals surface area contributed by atoms with Gasteiger partial charge in [0, 0.05) is 0 Å². The first-order valence-electron chi connectivity index (χ1n) is 9.80. The van der Waals surface area contributed by atoms with E-state index in [1.54, 1.807) is 0 Å². The molecule has 0 bridgehead atoms. The van der Waals surface area contributed by atoms with E-state index in [2.05, 4.69) is 13.8 Å². The number of fused-ring (bicyclic) bond motifs is 1. The molecule has 1 heterocycles. The maximum absolute atomic E-state index is 12.4. The van der Waals surface area contributed by atoms with Crippen LogP contribution in [0.15, 0.2) is 42.5 Å². The van der Waals surface area contributed by atoms with E-state index in [-0.39, 0.29) is 5.97 Å². The van der Waals surface area contributed by atoms with Crippen LogP contribution < -0.4 is 9.47 Å². The Labute approximate surface area is 156 Å². The summed E-state index contributed by atoms with van der Waals surface area (Å²) in [5.41, 5.74) is 2.95. The number of ether oxygens (including phenoxy) is 2. The lowest BCUT2D eigenvalue weighted by Crippen LogP contribution is -2.22. The SMILES string of the molecule is CCCCC1CCc2cc(OC(=O)c3ccc(CCC)cc3)ccc2O1. The van der Waals surface area contributed by atoms with Gasteiger partial charge in [-0.2, -0.15) is 0 Å². The van der Waals surface area contributed by atoms with E-state index in [1.807, 2.05) is 42.5 Å². The number of hydrogen-bond donors (Lipinski definition) is 0. The smallest absolute Gasteiger partial charge is 0.343 e. The zero-order chi connectivity index (χ0) is 18.4. The first kappa shape index (κ1) is 18.5. The molecular weight excluding hydrogens is 324 g/mol. The van der Waals surface area contributed by atoms with Crippen LogP contribution in [0.25, 0.3) is 0 Å². The fourth-order valence-electron chi connectivity index (χ4n) is 3.38. The Bertz CT molecular complexity index is 734. The Morgan fingerprint density at radius 2 is 1.92 bits per heavy atom. The summed E-state index contributed by atoms with van der Waals surface area (Å²) in [5.74, 6) is 1.20.